The van der Waals surface area contributed by atoms with Crippen LogP contribution in [0.5, 0.6) is 0 Å². The molecule has 0 fully saturated rings. The van der Waals surface area contributed by atoms with Gasteiger partial charge < -0.3 is 5.32 Å². The molecule has 2 heterocycles. The van der Waals surface area contributed by atoms with Gasteiger partial charge in [-0.25, -0.2) is 4.98 Å². The highest BCUT2D eigenvalue weighted by Gasteiger charge is 2.18. The lowest BCUT2D eigenvalue weighted by molar-refractivity contribution is 0.0956. The van der Waals surface area contributed by atoms with Crippen LogP contribution in [0.3, 0.4) is 0 Å². The first kappa shape index (κ1) is 17.1. The van der Waals surface area contributed by atoms with E-state index in [1.54, 1.807) is 0 Å². The first-order valence-electron chi connectivity index (χ1n) is 8.43. The Hall–Kier alpha value is -3.32. The summed E-state index contributed by atoms with van der Waals surface area (Å²) in [5.74, 6) is -0.279. The van der Waals surface area contributed by atoms with E-state index in [1.807, 2.05) is 60.7 Å². The van der Waals surface area contributed by atoms with Gasteiger partial charge in [-0.3, -0.25) is 14.2 Å². The fourth-order valence-corrected chi connectivity index (χ4v) is 3.50. The number of hydrogen-bond acceptors (Lipinski definition) is 5. The van der Waals surface area contributed by atoms with Gasteiger partial charge in [0.15, 0.2) is 5.52 Å². The number of fused-ring (bicyclic) bond motifs is 1. The second-order valence-electron chi connectivity index (χ2n) is 6.04. The quantitative estimate of drug-likeness (QED) is 0.581. The number of aromatic nitrogens is 3. The topological polar surface area (TPSA) is 76.9 Å². The van der Waals surface area contributed by atoms with Gasteiger partial charge in [-0.05, 0) is 22.7 Å². The summed E-state index contributed by atoms with van der Waals surface area (Å²) in [6, 6.07) is 19.3. The molecule has 27 heavy (non-hydrogen) atoms. The Morgan fingerprint density at radius 2 is 1.63 bits per heavy atom. The van der Waals surface area contributed by atoms with Gasteiger partial charge in [0.2, 0.25) is 0 Å². The molecule has 7 heteroatoms. The molecule has 1 amide bonds. The maximum Gasteiger partial charge on any atom is 0.281 e. The molecule has 0 aliphatic rings. The van der Waals surface area contributed by atoms with E-state index in [0.717, 1.165) is 22.7 Å². The van der Waals surface area contributed by atoms with Gasteiger partial charge in [0.05, 0.1) is 12.9 Å². The number of nitrogens with zero attached hydrogens (tertiary/aromatic N) is 3. The van der Waals surface area contributed by atoms with E-state index in [2.05, 4.69) is 14.7 Å². The lowest BCUT2D eigenvalue weighted by Crippen LogP contribution is -2.24. The van der Waals surface area contributed by atoms with Crippen molar-refractivity contribution in [2.75, 3.05) is 0 Å². The summed E-state index contributed by atoms with van der Waals surface area (Å²) in [6.45, 7) is 0.819. The highest BCUT2D eigenvalue weighted by molar-refractivity contribution is 7.09. The minimum absolute atomic E-state index is 0.225. The fourth-order valence-electron chi connectivity index (χ4n) is 2.76. The average Bonchev–Trinajstić information content (AvgIpc) is 3.15. The first-order chi connectivity index (χ1) is 13.2. The largest absolute Gasteiger partial charge is 0.347 e. The maximum atomic E-state index is 12.7. The van der Waals surface area contributed by atoms with Crippen LogP contribution in [-0.2, 0) is 13.1 Å². The molecule has 4 aromatic rings. The molecule has 0 radical (unpaired) electrons. The second-order valence-corrected chi connectivity index (χ2v) is 6.81. The summed E-state index contributed by atoms with van der Waals surface area (Å²) in [5.41, 5.74) is 2.32. The van der Waals surface area contributed by atoms with Crippen LogP contribution in [-0.4, -0.2) is 19.8 Å². The van der Waals surface area contributed by atoms with Crippen molar-refractivity contribution in [1.82, 2.24) is 19.2 Å². The third kappa shape index (κ3) is 3.63. The molecule has 134 valence electrons. The van der Waals surface area contributed by atoms with Crippen molar-refractivity contribution in [2.24, 2.45) is 0 Å². The van der Waals surface area contributed by atoms with Crippen molar-refractivity contribution in [3.8, 4) is 0 Å². The smallest absolute Gasteiger partial charge is 0.281 e. The van der Waals surface area contributed by atoms with Crippen LogP contribution in [0.1, 0.15) is 20.8 Å². The molecule has 1 N–H and O–H groups in total. The number of carbonyl (C=O) groups excluding carboxylic acids is 1. The van der Waals surface area contributed by atoms with Crippen LogP contribution in [0.2, 0.25) is 0 Å². The molecule has 0 bridgehead atoms. The Bertz CT molecular complexity index is 1140. The predicted molar refractivity (Wildman–Crippen MR) is 105 cm³/mol. The van der Waals surface area contributed by atoms with Crippen molar-refractivity contribution >= 4 is 28.5 Å². The first-order valence-corrected chi connectivity index (χ1v) is 9.20. The standard InChI is InChI=1S/C20H16N4O2S/c25-19(21-11-14-7-3-1-4-8-14)18-16-17(23-27-18)20(26)24(13-22-16)12-15-9-5-2-6-10-15/h1-10,13H,11-12H2,(H,21,25). The van der Waals surface area contributed by atoms with Gasteiger partial charge in [0, 0.05) is 6.54 Å². The van der Waals surface area contributed by atoms with E-state index in [0.29, 0.717) is 23.5 Å². The number of nitrogens with one attached hydrogen (secondary N) is 1. The Balaban J connectivity index is 1.57. The van der Waals surface area contributed by atoms with Crippen LogP contribution in [0.25, 0.3) is 11.0 Å². The molecule has 0 unspecified atom stereocenters. The highest BCUT2D eigenvalue weighted by Crippen LogP contribution is 2.17. The maximum absolute atomic E-state index is 12.7. The van der Waals surface area contributed by atoms with Gasteiger partial charge in [-0.2, -0.15) is 4.37 Å². The summed E-state index contributed by atoms with van der Waals surface area (Å²) >= 11 is 0.997. The monoisotopic (exact) mass is 376 g/mol. The van der Waals surface area contributed by atoms with E-state index in [9.17, 15) is 9.59 Å². The zero-order valence-electron chi connectivity index (χ0n) is 14.3. The van der Waals surface area contributed by atoms with Crippen LogP contribution < -0.4 is 10.9 Å². The number of rotatable bonds is 5. The van der Waals surface area contributed by atoms with E-state index >= 15 is 0 Å². The molecule has 0 aliphatic heterocycles. The molecule has 4 rings (SSSR count). The van der Waals surface area contributed by atoms with Crippen LogP contribution in [0.15, 0.2) is 71.8 Å². The van der Waals surface area contributed by atoms with Crippen molar-refractivity contribution in [1.29, 1.82) is 0 Å². The van der Waals surface area contributed by atoms with Gasteiger partial charge in [-0.1, -0.05) is 60.7 Å². The highest BCUT2D eigenvalue weighted by atomic mass is 32.1. The van der Waals surface area contributed by atoms with Crippen molar-refractivity contribution in [3.05, 3.63) is 93.3 Å². The molecular weight excluding hydrogens is 360 g/mol. The summed E-state index contributed by atoms with van der Waals surface area (Å²) in [7, 11) is 0. The zero-order valence-corrected chi connectivity index (χ0v) is 15.1. The molecule has 0 aliphatic carbocycles. The lowest BCUT2D eigenvalue weighted by atomic mass is 10.2. The van der Waals surface area contributed by atoms with E-state index < -0.39 is 0 Å². The fraction of sp³-hybridized carbons (Fsp3) is 0.100. The number of carbonyl (C=O) groups is 1. The molecule has 0 atom stereocenters. The van der Waals surface area contributed by atoms with E-state index in [-0.39, 0.29) is 17.0 Å². The minimum atomic E-state index is -0.279. The number of benzene rings is 2. The zero-order chi connectivity index (χ0) is 18.6. The number of hydrogen-bond donors (Lipinski definition) is 1. The average molecular weight is 376 g/mol. The molecule has 2 aromatic carbocycles. The summed E-state index contributed by atoms with van der Waals surface area (Å²) in [5, 5.41) is 2.85. The summed E-state index contributed by atoms with van der Waals surface area (Å²) < 4.78 is 5.68. The van der Waals surface area contributed by atoms with Gasteiger partial charge >= 0.3 is 0 Å². The van der Waals surface area contributed by atoms with E-state index in [1.165, 1.54) is 10.9 Å². The summed E-state index contributed by atoms with van der Waals surface area (Å²) in [4.78, 5) is 29.9. The third-order valence-corrected chi connectivity index (χ3v) is 4.99. The Labute approximate surface area is 159 Å². The van der Waals surface area contributed by atoms with Crippen LogP contribution in [0, 0.1) is 0 Å². The Kier molecular flexibility index (Phi) is 4.76. The summed E-state index contributed by atoms with van der Waals surface area (Å²) in [6.07, 6.45) is 1.47. The minimum Gasteiger partial charge on any atom is -0.347 e. The van der Waals surface area contributed by atoms with Crippen molar-refractivity contribution in [3.63, 3.8) is 0 Å². The van der Waals surface area contributed by atoms with Crippen LogP contribution in [0.4, 0.5) is 0 Å². The van der Waals surface area contributed by atoms with E-state index in [4.69, 9.17) is 0 Å². The molecule has 0 saturated heterocycles. The second kappa shape index (κ2) is 7.51. The van der Waals surface area contributed by atoms with Gasteiger partial charge in [0.25, 0.3) is 11.5 Å². The Morgan fingerprint density at radius 3 is 2.33 bits per heavy atom. The molecule has 0 saturated carbocycles. The Morgan fingerprint density at radius 1 is 0.963 bits per heavy atom. The van der Waals surface area contributed by atoms with Gasteiger partial charge in [0.1, 0.15) is 10.4 Å². The van der Waals surface area contributed by atoms with Crippen molar-refractivity contribution < 1.29 is 4.79 Å². The lowest BCUT2D eigenvalue weighted by Gasteiger charge is -2.05. The third-order valence-electron chi connectivity index (χ3n) is 4.16. The molecular formula is C20H16N4O2S. The van der Waals surface area contributed by atoms with Crippen LogP contribution >= 0.6 is 11.5 Å². The molecule has 0 spiro atoms. The SMILES string of the molecule is O=C(NCc1ccccc1)c1snc2c(=O)n(Cc3ccccc3)cnc12. The molecule has 6 nitrogen and oxygen atoms in total. The molecule has 2 aromatic heterocycles. The van der Waals surface area contributed by atoms with Crippen molar-refractivity contribution in [2.45, 2.75) is 13.1 Å². The van der Waals surface area contributed by atoms with Gasteiger partial charge in [-0.15, -0.1) is 0 Å². The normalized spacial score (nSPS) is 10.8. The predicted octanol–water partition coefficient (Wildman–Crippen LogP) is 2.83. The number of amides is 1.